The Hall–Kier alpha value is -3.86. The molecule has 1 aliphatic carbocycles. The summed E-state index contributed by atoms with van der Waals surface area (Å²) in [6.07, 6.45) is -6.32. The molecule has 3 aromatic rings. The largest absolute Gasteiger partial charge is 0.573 e. The van der Waals surface area contributed by atoms with Crippen molar-refractivity contribution in [3.63, 3.8) is 0 Å². The summed E-state index contributed by atoms with van der Waals surface area (Å²) in [6, 6.07) is 12.1. The molecule has 0 spiro atoms. The average Bonchev–Trinajstić information content (AvgIpc) is 2.94. The molecule has 0 unspecified atom stereocenters. The number of carbonyl (C=O) groups is 1. The minimum Gasteiger partial charge on any atom is -0.475 e. The predicted octanol–water partition coefficient (Wildman–Crippen LogP) is 6.57. The van der Waals surface area contributed by atoms with Crippen LogP contribution in [0.25, 0.3) is 10.9 Å². The third kappa shape index (κ3) is 11.8. The summed E-state index contributed by atoms with van der Waals surface area (Å²) in [6.45, 7) is 7.24. The molecule has 1 heterocycles. The zero-order valence-corrected chi connectivity index (χ0v) is 26.0. The summed E-state index contributed by atoms with van der Waals surface area (Å²) < 4.78 is 100. The number of aliphatic carboxylic acids is 1. The van der Waals surface area contributed by atoms with Gasteiger partial charge in [0.05, 0.1) is 10.4 Å². The van der Waals surface area contributed by atoms with Crippen molar-refractivity contribution in [3.05, 3.63) is 48.5 Å². The second-order valence-electron chi connectivity index (χ2n) is 11.7. The summed E-state index contributed by atoms with van der Waals surface area (Å²) in [5, 5.41) is 14.9. The second-order valence-corrected chi connectivity index (χ2v) is 13.5. The van der Waals surface area contributed by atoms with Crippen LogP contribution < -0.4 is 20.1 Å². The highest BCUT2D eigenvalue weighted by atomic mass is 32.2. The van der Waals surface area contributed by atoms with Gasteiger partial charge < -0.3 is 20.5 Å². The van der Waals surface area contributed by atoms with E-state index in [0.717, 1.165) is 73.2 Å². The van der Waals surface area contributed by atoms with Crippen LogP contribution in [0.1, 0.15) is 46.5 Å². The van der Waals surface area contributed by atoms with Crippen LogP contribution in [0.2, 0.25) is 0 Å². The van der Waals surface area contributed by atoms with Gasteiger partial charge in [-0.15, -0.1) is 13.2 Å². The van der Waals surface area contributed by atoms with Crippen LogP contribution in [0, 0.1) is 11.8 Å². The summed E-state index contributed by atoms with van der Waals surface area (Å²) in [4.78, 5) is 18.2. The Morgan fingerprint density at radius 3 is 1.96 bits per heavy atom. The second kappa shape index (κ2) is 14.7. The van der Waals surface area contributed by atoms with Crippen molar-refractivity contribution in [3.8, 4) is 5.75 Å². The number of carboxylic acid groups (broad SMARTS) is 1. The zero-order chi connectivity index (χ0) is 34.3. The van der Waals surface area contributed by atoms with Crippen LogP contribution in [0.15, 0.2) is 53.4 Å². The Morgan fingerprint density at radius 1 is 0.891 bits per heavy atom. The zero-order valence-electron chi connectivity index (χ0n) is 25.2. The molecule has 1 fully saturated rings. The predicted molar refractivity (Wildman–Crippen MR) is 159 cm³/mol. The number of hydrogen-bond donors (Lipinski definition) is 4. The lowest BCUT2D eigenvalue weighted by atomic mass is 9.82. The van der Waals surface area contributed by atoms with E-state index >= 15 is 0 Å². The van der Waals surface area contributed by atoms with Gasteiger partial charge in [0.2, 0.25) is 16.0 Å². The summed E-state index contributed by atoms with van der Waals surface area (Å²) in [7, 11) is -3.84. The Labute approximate surface area is 262 Å². The smallest absolute Gasteiger partial charge is 0.475 e. The van der Waals surface area contributed by atoms with Gasteiger partial charge in [-0.1, -0.05) is 12.1 Å². The molecule has 2 aromatic carbocycles. The number of para-hydroxylation sites is 1. The van der Waals surface area contributed by atoms with Crippen molar-refractivity contribution in [2.75, 3.05) is 23.7 Å². The molecule has 1 aliphatic rings. The third-order valence-corrected chi connectivity index (χ3v) is 8.22. The molecule has 4 rings (SSSR count). The number of fused-ring (bicyclic) bond motifs is 1. The first-order chi connectivity index (χ1) is 21.2. The van der Waals surface area contributed by atoms with E-state index in [2.05, 4.69) is 45.8 Å². The van der Waals surface area contributed by atoms with Crippen LogP contribution in [-0.2, 0) is 14.8 Å². The molecule has 17 heteroatoms. The first-order valence-electron chi connectivity index (χ1n) is 14.2. The summed E-state index contributed by atoms with van der Waals surface area (Å²) in [5.74, 6) is -1.27. The van der Waals surface area contributed by atoms with Gasteiger partial charge in [0.25, 0.3) is 0 Å². The van der Waals surface area contributed by atoms with Gasteiger partial charge in [-0.3, -0.25) is 0 Å². The summed E-state index contributed by atoms with van der Waals surface area (Å²) in [5.41, 5.74) is 0.708. The number of benzene rings is 2. The number of hydrogen-bond acceptors (Lipinski definition) is 8. The van der Waals surface area contributed by atoms with E-state index in [-0.39, 0.29) is 22.9 Å². The molecule has 254 valence electrons. The maximum atomic E-state index is 12.6. The Balaban J connectivity index is 0.000000738. The Bertz CT molecular complexity index is 1570. The van der Waals surface area contributed by atoms with Gasteiger partial charge >= 0.3 is 18.5 Å². The minimum absolute atomic E-state index is 0.106. The number of nitrogens with zero attached hydrogens (tertiary/aromatic N) is 2. The van der Waals surface area contributed by atoms with Crippen LogP contribution in [0.5, 0.6) is 5.75 Å². The Morgan fingerprint density at radius 2 is 1.43 bits per heavy atom. The lowest BCUT2D eigenvalue weighted by Crippen LogP contribution is -2.32. The quantitative estimate of drug-likeness (QED) is 0.185. The van der Waals surface area contributed by atoms with E-state index in [9.17, 15) is 34.8 Å². The fourth-order valence-corrected chi connectivity index (χ4v) is 5.73. The number of halogens is 6. The molecule has 0 aliphatic heterocycles. The van der Waals surface area contributed by atoms with Gasteiger partial charge in [0.15, 0.2) is 0 Å². The standard InChI is InChI=1S/C27H34F3N5O3S.C2HF3O2/c1-26(2,3)35-24-22-6-4-5-7-23(22)33-25(34-24)31-16-18-8-10-19(11-9-18)17-32-39(36,37)21-14-12-20(13-15-21)38-27(28,29)30;3-2(4,5)1(6)7/h4-7,12-15,18-19,32H,8-11,16-17H2,1-3H3,(H2,31,33,34,35);(H,6,7). The number of alkyl halides is 6. The molecular weight excluding hydrogens is 644 g/mol. The lowest BCUT2D eigenvalue weighted by molar-refractivity contribution is -0.274. The molecular formula is C29H35F6N5O5S. The van der Waals surface area contributed by atoms with Crippen molar-refractivity contribution in [2.24, 2.45) is 11.8 Å². The molecule has 0 bridgehead atoms. The topological polar surface area (TPSA) is 143 Å². The third-order valence-electron chi connectivity index (χ3n) is 6.78. The van der Waals surface area contributed by atoms with E-state index in [0.29, 0.717) is 11.9 Å². The Kier molecular flexibility index (Phi) is 11.7. The minimum atomic E-state index is -5.08. The lowest BCUT2D eigenvalue weighted by Gasteiger charge is -2.29. The summed E-state index contributed by atoms with van der Waals surface area (Å²) >= 11 is 0. The highest BCUT2D eigenvalue weighted by Gasteiger charge is 2.38. The van der Waals surface area contributed by atoms with Crippen molar-refractivity contribution in [1.82, 2.24) is 14.7 Å². The average molecular weight is 680 g/mol. The molecule has 0 radical (unpaired) electrons. The maximum absolute atomic E-state index is 12.6. The van der Waals surface area contributed by atoms with E-state index in [1.54, 1.807) is 0 Å². The number of anilines is 2. The van der Waals surface area contributed by atoms with Gasteiger partial charge in [-0.05, 0) is 94.7 Å². The molecule has 0 amide bonds. The molecule has 46 heavy (non-hydrogen) atoms. The van der Waals surface area contributed by atoms with Gasteiger partial charge in [0.1, 0.15) is 11.6 Å². The molecule has 1 aromatic heterocycles. The SMILES string of the molecule is CC(C)(C)Nc1nc(NCC2CCC(CNS(=O)(=O)c3ccc(OC(F)(F)F)cc3)CC2)nc2ccccc12.O=C(O)C(F)(F)F. The van der Waals surface area contributed by atoms with E-state index in [4.69, 9.17) is 14.9 Å². The fraction of sp³-hybridized carbons (Fsp3) is 0.483. The number of sulfonamides is 1. The van der Waals surface area contributed by atoms with Crippen molar-refractivity contribution in [2.45, 2.75) is 69.4 Å². The first kappa shape index (κ1) is 36.6. The number of ether oxygens (including phenoxy) is 1. The number of carboxylic acids is 1. The van der Waals surface area contributed by atoms with E-state index in [1.807, 2.05) is 24.3 Å². The van der Waals surface area contributed by atoms with E-state index in [1.165, 1.54) is 0 Å². The highest BCUT2D eigenvalue weighted by molar-refractivity contribution is 7.89. The monoisotopic (exact) mass is 679 g/mol. The van der Waals surface area contributed by atoms with Crippen LogP contribution in [0.4, 0.5) is 38.1 Å². The van der Waals surface area contributed by atoms with E-state index < -0.39 is 34.3 Å². The number of aromatic nitrogens is 2. The number of rotatable bonds is 9. The molecule has 10 nitrogen and oxygen atoms in total. The molecule has 4 N–H and O–H groups in total. The van der Waals surface area contributed by atoms with Gasteiger partial charge in [0, 0.05) is 24.0 Å². The normalized spacial score (nSPS) is 17.5. The number of nitrogens with one attached hydrogen (secondary N) is 3. The van der Waals surface area contributed by atoms with Crippen molar-refractivity contribution >= 4 is 38.7 Å². The van der Waals surface area contributed by atoms with Gasteiger partial charge in [-0.2, -0.15) is 18.2 Å². The van der Waals surface area contributed by atoms with Crippen LogP contribution >= 0.6 is 0 Å². The van der Waals surface area contributed by atoms with Crippen LogP contribution in [-0.4, -0.2) is 60.6 Å². The van der Waals surface area contributed by atoms with Crippen molar-refractivity contribution in [1.29, 1.82) is 0 Å². The maximum Gasteiger partial charge on any atom is 0.573 e. The highest BCUT2D eigenvalue weighted by Crippen LogP contribution is 2.30. The fourth-order valence-electron chi connectivity index (χ4n) is 4.61. The molecule has 0 saturated heterocycles. The van der Waals surface area contributed by atoms with Crippen molar-refractivity contribution < 1.29 is 49.4 Å². The van der Waals surface area contributed by atoms with Gasteiger partial charge in [-0.25, -0.2) is 22.9 Å². The molecule has 1 saturated carbocycles. The molecule has 0 atom stereocenters. The van der Waals surface area contributed by atoms with Crippen LogP contribution in [0.3, 0.4) is 0 Å². The first-order valence-corrected chi connectivity index (χ1v) is 15.6.